The minimum Gasteiger partial charge on any atom is -0.489 e. The monoisotopic (exact) mass is 422 g/mol. The number of fused-ring (bicyclic) bond motifs is 1. The van der Waals surface area contributed by atoms with E-state index in [1.807, 2.05) is 42.5 Å². The largest absolute Gasteiger partial charge is 0.489 e. The van der Waals surface area contributed by atoms with Crippen molar-refractivity contribution in [3.05, 3.63) is 72.3 Å². The molecule has 0 aromatic heterocycles. The molecule has 0 radical (unpaired) electrons. The van der Waals surface area contributed by atoms with Crippen LogP contribution in [0.15, 0.2) is 66.7 Å². The summed E-state index contributed by atoms with van der Waals surface area (Å²) in [5.74, 6) is 0.823. The first-order valence-electron chi connectivity index (χ1n) is 11.2. The van der Waals surface area contributed by atoms with Crippen LogP contribution in [0.3, 0.4) is 0 Å². The Balaban J connectivity index is 1.69. The van der Waals surface area contributed by atoms with Crippen molar-refractivity contribution in [2.24, 2.45) is 0 Å². The van der Waals surface area contributed by atoms with Crippen molar-refractivity contribution in [2.45, 2.75) is 50.6 Å². The molecule has 2 aromatic rings. The van der Waals surface area contributed by atoms with E-state index in [2.05, 4.69) is 35.4 Å². The lowest BCUT2D eigenvalue weighted by atomic mass is 9.98. The SMILES string of the molecule is C=C(C)CCC(C(O)N1c2ccccc2OCC1c1ccccc1)N1CCC(OC)C1. The van der Waals surface area contributed by atoms with E-state index < -0.39 is 6.23 Å². The molecule has 2 heterocycles. The maximum Gasteiger partial charge on any atom is 0.143 e. The average molecular weight is 423 g/mol. The van der Waals surface area contributed by atoms with Crippen LogP contribution in [-0.4, -0.2) is 55.2 Å². The lowest BCUT2D eigenvalue weighted by Crippen LogP contribution is -2.54. The standard InChI is InChI=1S/C26H34N2O3/c1-19(2)13-14-23(27-16-15-21(17-27)30-3)26(29)28-22-11-7-8-12-25(22)31-18-24(28)20-9-5-4-6-10-20/h4-12,21,23-24,26,29H,1,13-18H2,2-3H3. The molecule has 0 saturated carbocycles. The zero-order valence-electron chi connectivity index (χ0n) is 18.6. The lowest BCUT2D eigenvalue weighted by Gasteiger charge is -2.46. The third kappa shape index (κ3) is 4.79. The molecule has 0 aliphatic carbocycles. The number of benzene rings is 2. The molecule has 1 fully saturated rings. The van der Waals surface area contributed by atoms with E-state index >= 15 is 0 Å². The molecular formula is C26H34N2O3. The molecule has 4 atom stereocenters. The Bertz CT molecular complexity index is 872. The molecule has 166 valence electrons. The average Bonchev–Trinajstić information content (AvgIpc) is 3.27. The molecule has 31 heavy (non-hydrogen) atoms. The van der Waals surface area contributed by atoms with Gasteiger partial charge in [0.15, 0.2) is 0 Å². The fourth-order valence-corrected chi connectivity index (χ4v) is 4.82. The fraction of sp³-hybridized carbons (Fsp3) is 0.462. The van der Waals surface area contributed by atoms with Crippen LogP contribution >= 0.6 is 0 Å². The minimum atomic E-state index is -0.676. The van der Waals surface area contributed by atoms with Crippen LogP contribution in [0.1, 0.15) is 37.8 Å². The Hall–Kier alpha value is -2.34. The number of anilines is 1. The van der Waals surface area contributed by atoms with Crippen LogP contribution in [0, 0.1) is 0 Å². The highest BCUT2D eigenvalue weighted by molar-refractivity contribution is 5.62. The number of nitrogens with zero attached hydrogens (tertiary/aromatic N) is 2. The van der Waals surface area contributed by atoms with Crippen LogP contribution in [0.2, 0.25) is 0 Å². The van der Waals surface area contributed by atoms with Crippen LogP contribution in [0.5, 0.6) is 5.75 Å². The number of likely N-dealkylation sites (tertiary alicyclic amines) is 1. The number of hydrogen-bond acceptors (Lipinski definition) is 5. The molecule has 2 aromatic carbocycles. The van der Waals surface area contributed by atoms with Gasteiger partial charge in [0, 0.05) is 20.2 Å². The molecular weight excluding hydrogens is 388 g/mol. The molecule has 0 amide bonds. The van der Waals surface area contributed by atoms with Gasteiger partial charge in [-0.3, -0.25) is 4.90 Å². The molecule has 1 saturated heterocycles. The van der Waals surface area contributed by atoms with Crippen molar-refractivity contribution >= 4 is 5.69 Å². The summed E-state index contributed by atoms with van der Waals surface area (Å²) >= 11 is 0. The second-order valence-electron chi connectivity index (χ2n) is 8.73. The van der Waals surface area contributed by atoms with Crippen LogP contribution in [0.4, 0.5) is 5.69 Å². The van der Waals surface area contributed by atoms with Gasteiger partial charge in [-0.2, -0.15) is 0 Å². The van der Waals surface area contributed by atoms with E-state index in [-0.39, 0.29) is 18.2 Å². The van der Waals surface area contributed by atoms with Crippen LogP contribution < -0.4 is 9.64 Å². The van der Waals surface area contributed by atoms with Crippen molar-refractivity contribution in [1.29, 1.82) is 0 Å². The zero-order valence-corrected chi connectivity index (χ0v) is 18.6. The van der Waals surface area contributed by atoms with Crippen molar-refractivity contribution in [3.8, 4) is 5.75 Å². The van der Waals surface area contributed by atoms with Crippen molar-refractivity contribution in [1.82, 2.24) is 4.90 Å². The zero-order chi connectivity index (χ0) is 21.8. The summed E-state index contributed by atoms with van der Waals surface area (Å²) in [4.78, 5) is 4.55. The fourth-order valence-electron chi connectivity index (χ4n) is 4.82. The van der Waals surface area contributed by atoms with Gasteiger partial charge in [0.25, 0.3) is 0 Å². The first kappa shape index (κ1) is 21.9. The Morgan fingerprint density at radius 1 is 1.19 bits per heavy atom. The quantitative estimate of drug-likeness (QED) is 0.639. The molecule has 4 rings (SSSR count). The number of allylic oxidation sites excluding steroid dienone is 1. The van der Waals surface area contributed by atoms with Gasteiger partial charge in [-0.25, -0.2) is 0 Å². The number of rotatable bonds is 8. The molecule has 4 unspecified atom stereocenters. The van der Waals surface area contributed by atoms with Crippen LogP contribution in [-0.2, 0) is 4.74 Å². The van der Waals surface area contributed by atoms with E-state index in [4.69, 9.17) is 9.47 Å². The van der Waals surface area contributed by atoms with E-state index in [9.17, 15) is 5.11 Å². The van der Waals surface area contributed by atoms with Crippen molar-refractivity contribution < 1.29 is 14.6 Å². The third-order valence-electron chi connectivity index (χ3n) is 6.54. The highest BCUT2D eigenvalue weighted by Crippen LogP contribution is 2.41. The Labute approximate surface area is 185 Å². The van der Waals surface area contributed by atoms with Gasteiger partial charge in [0.1, 0.15) is 18.6 Å². The summed E-state index contributed by atoms with van der Waals surface area (Å²) in [6.07, 6.45) is 2.28. The molecule has 2 aliphatic rings. The number of aliphatic hydroxyl groups excluding tert-OH is 1. The van der Waals surface area contributed by atoms with E-state index in [0.29, 0.717) is 6.61 Å². The number of methoxy groups -OCH3 is 1. The van der Waals surface area contributed by atoms with E-state index in [1.165, 1.54) is 0 Å². The summed E-state index contributed by atoms with van der Waals surface area (Å²) in [6.45, 7) is 8.43. The first-order chi connectivity index (χ1) is 15.1. The summed E-state index contributed by atoms with van der Waals surface area (Å²) in [6, 6.07) is 18.3. The molecule has 1 N–H and O–H groups in total. The maximum absolute atomic E-state index is 11.9. The van der Waals surface area contributed by atoms with Gasteiger partial charge in [-0.1, -0.05) is 48.0 Å². The molecule has 0 spiro atoms. The summed E-state index contributed by atoms with van der Waals surface area (Å²) in [5, 5.41) is 11.9. The first-order valence-corrected chi connectivity index (χ1v) is 11.2. The lowest BCUT2D eigenvalue weighted by molar-refractivity contribution is 0.0298. The van der Waals surface area contributed by atoms with Gasteiger partial charge >= 0.3 is 0 Å². The second-order valence-corrected chi connectivity index (χ2v) is 8.73. The topological polar surface area (TPSA) is 45.2 Å². The Morgan fingerprint density at radius 2 is 1.94 bits per heavy atom. The second kappa shape index (κ2) is 9.86. The van der Waals surface area contributed by atoms with Gasteiger partial charge in [-0.15, -0.1) is 6.58 Å². The number of aliphatic hydroxyl groups is 1. The Kier molecular flexibility index (Phi) is 6.96. The highest BCUT2D eigenvalue weighted by atomic mass is 16.5. The minimum absolute atomic E-state index is 0.0192. The Morgan fingerprint density at radius 3 is 2.65 bits per heavy atom. The molecule has 0 bridgehead atoms. The molecule has 2 aliphatic heterocycles. The predicted octanol–water partition coefficient (Wildman–Crippen LogP) is 4.39. The van der Waals surface area contributed by atoms with Gasteiger partial charge in [-0.05, 0) is 43.9 Å². The molecule has 5 heteroatoms. The normalized spacial score (nSPS) is 23.1. The van der Waals surface area contributed by atoms with Crippen molar-refractivity contribution in [2.75, 3.05) is 31.7 Å². The van der Waals surface area contributed by atoms with Gasteiger partial charge in [0.2, 0.25) is 0 Å². The smallest absolute Gasteiger partial charge is 0.143 e. The maximum atomic E-state index is 11.9. The van der Waals surface area contributed by atoms with Gasteiger partial charge in [0.05, 0.1) is 23.9 Å². The van der Waals surface area contributed by atoms with Gasteiger partial charge < -0.3 is 19.5 Å². The number of ether oxygens (including phenoxy) is 2. The third-order valence-corrected chi connectivity index (χ3v) is 6.54. The predicted molar refractivity (Wildman–Crippen MR) is 124 cm³/mol. The van der Waals surface area contributed by atoms with Crippen LogP contribution in [0.25, 0.3) is 0 Å². The highest BCUT2D eigenvalue weighted by Gasteiger charge is 2.40. The summed E-state index contributed by atoms with van der Waals surface area (Å²) < 4.78 is 11.7. The summed E-state index contributed by atoms with van der Waals surface area (Å²) in [5.41, 5.74) is 3.23. The molecule has 5 nitrogen and oxygen atoms in total. The number of hydrogen-bond donors (Lipinski definition) is 1. The van der Waals surface area contributed by atoms with E-state index in [1.54, 1.807) is 7.11 Å². The number of para-hydroxylation sites is 2. The summed E-state index contributed by atoms with van der Waals surface area (Å²) in [7, 11) is 1.77. The van der Waals surface area contributed by atoms with E-state index in [0.717, 1.165) is 54.9 Å². The van der Waals surface area contributed by atoms with Crippen molar-refractivity contribution in [3.63, 3.8) is 0 Å².